The molecule has 6 heteroatoms. The second-order valence-electron chi connectivity index (χ2n) is 5.94. The van der Waals surface area contributed by atoms with Gasteiger partial charge in [-0.05, 0) is 27.7 Å². The Kier molecular flexibility index (Phi) is 4.21. The van der Waals surface area contributed by atoms with Gasteiger partial charge in [0.2, 0.25) is 0 Å². The van der Waals surface area contributed by atoms with E-state index in [1.807, 2.05) is 27.7 Å². The van der Waals surface area contributed by atoms with Crippen molar-refractivity contribution < 1.29 is 28.8 Å². The van der Waals surface area contributed by atoms with Gasteiger partial charge in [0.1, 0.15) is 6.10 Å². The predicted molar refractivity (Wildman–Crippen MR) is 66.4 cm³/mol. The van der Waals surface area contributed by atoms with Crippen molar-refractivity contribution in [1.82, 2.24) is 0 Å². The standard InChI is InChI=1S/C13H24O6/c1-12(2,15-5)16-7-8-6-9-10(11(14)17-8)19-13(3,4)18-9/h8-11,14H,6-7H2,1-5H3/t8?,9?,10-,11?/m1/s1. The Bertz CT molecular complexity index is 316. The van der Waals surface area contributed by atoms with Gasteiger partial charge in [-0.2, -0.15) is 0 Å². The van der Waals surface area contributed by atoms with Crippen molar-refractivity contribution in [2.45, 2.75) is 70.3 Å². The first-order valence-electron chi connectivity index (χ1n) is 6.61. The highest BCUT2D eigenvalue weighted by Gasteiger charge is 2.49. The Morgan fingerprint density at radius 3 is 2.63 bits per heavy atom. The van der Waals surface area contributed by atoms with Crippen molar-refractivity contribution in [2.24, 2.45) is 0 Å². The molecule has 0 spiro atoms. The van der Waals surface area contributed by atoms with Gasteiger partial charge in [-0.25, -0.2) is 0 Å². The van der Waals surface area contributed by atoms with E-state index < -0.39 is 24.0 Å². The third kappa shape index (κ3) is 3.65. The summed E-state index contributed by atoms with van der Waals surface area (Å²) in [7, 11) is 1.59. The van der Waals surface area contributed by atoms with E-state index in [-0.39, 0.29) is 12.2 Å². The van der Waals surface area contributed by atoms with Gasteiger partial charge in [0.05, 0.1) is 18.8 Å². The number of fused-ring (bicyclic) bond motifs is 1. The Morgan fingerprint density at radius 2 is 2.00 bits per heavy atom. The lowest BCUT2D eigenvalue weighted by atomic mass is 10.0. The summed E-state index contributed by atoms with van der Waals surface area (Å²) >= 11 is 0. The van der Waals surface area contributed by atoms with Crippen LogP contribution in [0.3, 0.4) is 0 Å². The lowest BCUT2D eigenvalue weighted by Crippen LogP contribution is -2.48. The quantitative estimate of drug-likeness (QED) is 0.773. The maximum Gasteiger partial charge on any atom is 0.184 e. The van der Waals surface area contributed by atoms with Crippen molar-refractivity contribution in [3.63, 3.8) is 0 Å². The molecule has 0 saturated carbocycles. The molecule has 112 valence electrons. The van der Waals surface area contributed by atoms with Crippen LogP contribution in [0.25, 0.3) is 0 Å². The van der Waals surface area contributed by atoms with Crippen LogP contribution in [0.15, 0.2) is 0 Å². The summed E-state index contributed by atoms with van der Waals surface area (Å²) in [6.45, 7) is 7.65. The van der Waals surface area contributed by atoms with Crippen LogP contribution in [0.1, 0.15) is 34.1 Å². The fourth-order valence-corrected chi connectivity index (χ4v) is 2.34. The van der Waals surface area contributed by atoms with Gasteiger partial charge in [-0.15, -0.1) is 0 Å². The minimum Gasteiger partial charge on any atom is -0.366 e. The van der Waals surface area contributed by atoms with Gasteiger partial charge < -0.3 is 28.8 Å². The molecule has 1 N–H and O–H groups in total. The number of aliphatic hydroxyl groups is 1. The monoisotopic (exact) mass is 276 g/mol. The molecule has 19 heavy (non-hydrogen) atoms. The average Bonchev–Trinajstić information content (AvgIpc) is 2.62. The SMILES string of the molecule is COC(C)(C)OCC1CC2OC(C)(C)O[C@H]2C(O)O1. The molecule has 0 aromatic rings. The maximum absolute atomic E-state index is 9.95. The van der Waals surface area contributed by atoms with E-state index in [1.54, 1.807) is 7.11 Å². The highest BCUT2D eigenvalue weighted by molar-refractivity contribution is 4.89. The summed E-state index contributed by atoms with van der Waals surface area (Å²) in [4.78, 5) is 0. The second-order valence-corrected chi connectivity index (χ2v) is 5.94. The molecule has 0 bridgehead atoms. The largest absolute Gasteiger partial charge is 0.366 e. The van der Waals surface area contributed by atoms with Crippen LogP contribution in [0, 0.1) is 0 Å². The fourth-order valence-electron chi connectivity index (χ4n) is 2.34. The first-order chi connectivity index (χ1) is 8.72. The number of aliphatic hydroxyl groups excluding tert-OH is 1. The molecule has 2 aliphatic rings. The van der Waals surface area contributed by atoms with Crippen LogP contribution in [0.5, 0.6) is 0 Å². The Hall–Kier alpha value is -0.240. The van der Waals surface area contributed by atoms with E-state index in [0.717, 1.165) is 0 Å². The molecule has 3 unspecified atom stereocenters. The summed E-state index contributed by atoms with van der Waals surface area (Å²) in [5.41, 5.74) is 0. The van der Waals surface area contributed by atoms with E-state index in [1.165, 1.54) is 0 Å². The lowest BCUT2D eigenvalue weighted by molar-refractivity contribution is -0.262. The van der Waals surface area contributed by atoms with Crippen molar-refractivity contribution in [1.29, 1.82) is 0 Å². The van der Waals surface area contributed by atoms with Crippen LogP contribution in [0.4, 0.5) is 0 Å². The molecule has 0 aromatic carbocycles. The first-order valence-corrected chi connectivity index (χ1v) is 6.61. The smallest absolute Gasteiger partial charge is 0.184 e. The number of hydrogen-bond donors (Lipinski definition) is 1. The van der Waals surface area contributed by atoms with Crippen molar-refractivity contribution in [3.8, 4) is 0 Å². The molecule has 2 fully saturated rings. The first kappa shape index (κ1) is 15.2. The molecule has 2 heterocycles. The second kappa shape index (κ2) is 5.27. The molecule has 0 amide bonds. The topological polar surface area (TPSA) is 66.4 Å². The Morgan fingerprint density at radius 1 is 1.32 bits per heavy atom. The van der Waals surface area contributed by atoms with Gasteiger partial charge in [0.25, 0.3) is 0 Å². The maximum atomic E-state index is 9.95. The molecule has 0 aliphatic carbocycles. The molecule has 0 aromatic heterocycles. The van der Waals surface area contributed by atoms with E-state index in [9.17, 15) is 5.11 Å². The van der Waals surface area contributed by atoms with Gasteiger partial charge >= 0.3 is 0 Å². The van der Waals surface area contributed by atoms with E-state index in [2.05, 4.69) is 0 Å². The van der Waals surface area contributed by atoms with Gasteiger partial charge in [-0.3, -0.25) is 0 Å². The van der Waals surface area contributed by atoms with E-state index >= 15 is 0 Å². The fraction of sp³-hybridized carbons (Fsp3) is 1.00. The Balaban J connectivity index is 1.89. The van der Waals surface area contributed by atoms with Crippen molar-refractivity contribution >= 4 is 0 Å². The lowest BCUT2D eigenvalue weighted by Gasteiger charge is -2.35. The average molecular weight is 276 g/mol. The summed E-state index contributed by atoms with van der Waals surface area (Å²) in [6, 6.07) is 0. The highest BCUT2D eigenvalue weighted by atomic mass is 16.8. The zero-order chi connectivity index (χ0) is 14.3. The third-order valence-corrected chi connectivity index (χ3v) is 3.44. The van der Waals surface area contributed by atoms with Gasteiger partial charge in [0.15, 0.2) is 17.9 Å². The minimum absolute atomic E-state index is 0.169. The molecule has 6 nitrogen and oxygen atoms in total. The van der Waals surface area contributed by atoms with Gasteiger partial charge in [-0.1, -0.05) is 0 Å². The molecule has 2 aliphatic heterocycles. The Labute approximate surface area is 113 Å². The zero-order valence-corrected chi connectivity index (χ0v) is 12.2. The summed E-state index contributed by atoms with van der Waals surface area (Å²) in [6.07, 6.45) is -1.19. The third-order valence-electron chi connectivity index (χ3n) is 3.44. The molecular formula is C13H24O6. The van der Waals surface area contributed by atoms with Crippen LogP contribution < -0.4 is 0 Å². The summed E-state index contributed by atoms with van der Waals surface area (Å²) < 4.78 is 27.7. The molecular weight excluding hydrogens is 252 g/mol. The summed E-state index contributed by atoms with van der Waals surface area (Å²) in [5.74, 6) is -1.35. The number of hydrogen-bond acceptors (Lipinski definition) is 6. The predicted octanol–water partition coefficient (Wildman–Crippen LogP) is 1.01. The normalized spacial score (nSPS) is 38.2. The summed E-state index contributed by atoms with van der Waals surface area (Å²) in [5, 5.41) is 9.95. The zero-order valence-electron chi connectivity index (χ0n) is 12.2. The van der Waals surface area contributed by atoms with Gasteiger partial charge in [0, 0.05) is 13.5 Å². The molecule has 2 rings (SSSR count). The molecule has 4 atom stereocenters. The molecule has 2 saturated heterocycles. The van der Waals surface area contributed by atoms with E-state index in [4.69, 9.17) is 23.7 Å². The highest BCUT2D eigenvalue weighted by Crippen LogP contribution is 2.36. The number of methoxy groups -OCH3 is 1. The number of ether oxygens (including phenoxy) is 5. The van der Waals surface area contributed by atoms with Crippen molar-refractivity contribution in [2.75, 3.05) is 13.7 Å². The van der Waals surface area contributed by atoms with Crippen LogP contribution >= 0.6 is 0 Å². The minimum atomic E-state index is -0.986. The number of rotatable bonds is 4. The molecule has 0 radical (unpaired) electrons. The van der Waals surface area contributed by atoms with Crippen LogP contribution in [-0.4, -0.2) is 55.0 Å². The van der Waals surface area contributed by atoms with E-state index in [0.29, 0.717) is 13.0 Å². The van der Waals surface area contributed by atoms with Crippen molar-refractivity contribution in [3.05, 3.63) is 0 Å². The van der Waals surface area contributed by atoms with Crippen LogP contribution in [0.2, 0.25) is 0 Å². The van der Waals surface area contributed by atoms with Crippen LogP contribution in [-0.2, 0) is 23.7 Å².